The third-order valence-corrected chi connectivity index (χ3v) is 7.79. The van der Waals surface area contributed by atoms with Gasteiger partial charge >= 0.3 is 0 Å². The van der Waals surface area contributed by atoms with Crippen molar-refractivity contribution in [2.24, 2.45) is 5.92 Å². The van der Waals surface area contributed by atoms with Gasteiger partial charge in [0.15, 0.2) is 5.82 Å². The van der Waals surface area contributed by atoms with Crippen molar-refractivity contribution in [2.75, 3.05) is 32.7 Å². The van der Waals surface area contributed by atoms with Gasteiger partial charge in [-0.25, -0.2) is 9.37 Å². The molecule has 0 bridgehead atoms. The van der Waals surface area contributed by atoms with Gasteiger partial charge in [0.1, 0.15) is 11.3 Å². The minimum Gasteiger partial charge on any atom is -0.324 e. The van der Waals surface area contributed by atoms with E-state index in [1.807, 2.05) is 6.07 Å². The topological polar surface area (TPSA) is 33.1 Å². The van der Waals surface area contributed by atoms with Crippen LogP contribution in [0.3, 0.4) is 0 Å². The molecule has 2 aromatic rings. The zero-order valence-corrected chi connectivity index (χ0v) is 18.3. The molecule has 0 unspecified atom stereocenters. The van der Waals surface area contributed by atoms with Gasteiger partial charge in [-0.3, -0.25) is 0 Å². The number of benzene rings is 1. The highest BCUT2D eigenvalue weighted by Gasteiger charge is 2.30. The molecule has 3 heterocycles. The Bertz CT molecular complexity index is 825. The van der Waals surface area contributed by atoms with Gasteiger partial charge in [-0.2, -0.15) is 0 Å². The molecule has 4 nitrogen and oxygen atoms in total. The van der Waals surface area contributed by atoms with E-state index in [2.05, 4.69) is 20.9 Å². The minimum absolute atomic E-state index is 0.180. The van der Waals surface area contributed by atoms with Crippen LogP contribution in [0.15, 0.2) is 18.2 Å². The highest BCUT2D eigenvalue weighted by molar-refractivity contribution is 5.77. The number of piperidine rings is 1. The molecular weight excluding hydrogens is 375 g/mol. The summed E-state index contributed by atoms with van der Waals surface area (Å²) in [5, 5.41) is 3.47. The molecule has 5 heteroatoms. The van der Waals surface area contributed by atoms with E-state index in [1.165, 1.54) is 64.6 Å². The lowest BCUT2D eigenvalue weighted by atomic mass is 9.90. The van der Waals surface area contributed by atoms with E-state index in [0.29, 0.717) is 17.5 Å². The predicted octanol–water partition coefficient (Wildman–Crippen LogP) is 5.25. The largest absolute Gasteiger partial charge is 0.324 e. The van der Waals surface area contributed by atoms with E-state index in [4.69, 9.17) is 4.98 Å². The molecule has 1 atom stereocenters. The Morgan fingerprint density at radius 3 is 2.47 bits per heavy atom. The minimum atomic E-state index is -0.180. The Balaban J connectivity index is 1.30. The van der Waals surface area contributed by atoms with Crippen LogP contribution in [0.2, 0.25) is 0 Å². The predicted molar refractivity (Wildman–Crippen MR) is 120 cm³/mol. The molecule has 3 aliphatic rings. The second-order valence-corrected chi connectivity index (χ2v) is 9.88. The number of nitrogens with zero attached hydrogens (tertiary/aromatic N) is 3. The third kappa shape index (κ3) is 4.29. The number of fused-ring (bicyclic) bond motifs is 1. The van der Waals surface area contributed by atoms with Gasteiger partial charge in [0.05, 0.1) is 5.52 Å². The summed E-state index contributed by atoms with van der Waals surface area (Å²) in [5.41, 5.74) is 1.56. The van der Waals surface area contributed by atoms with Gasteiger partial charge in [0.25, 0.3) is 0 Å². The first-order valence-corrected chi connectivity index (χ1v) is 12.4. The molecule has 0 radical (unpaired) electrons. The molecule has 0 amide bonds. The van der Waals surface area contributed by atoms with Gasteiger partial charge in [-0.15, -0.1) is 0 Å². The van der Waals surface area contributed by atoms with E-state index in [9.17, 15) is 4.39 Å². The average Bonchev–Trinajstić information content (AvgIpc) is 3.39. The smallest absolute Gasteiger partial charge is 0.151 e. The van der Waals surface area contributed by atoms with Crippen molar-refractivity contribution < 1.29 is 4.39 Å². The maximum atomic E-state index is 14.5. The van der Waals surface area contributed by atoms with E-state index >= 15 is 0 Å². The van der Waals surface area contributed by atoms with E-state index < -0.39 is 0 Å². The number of likely N-dealkylation sites (tertiary alicyclic amines) is 1. The Labute approximate surface area is 180 Å². The van der Waals surface area contributed by atoms with Crippen LogP contribution in [0.5, 0.6) is 0 Å². The lowest BCUT2D eigenvalue weighted by molar-refractivity contribution is 0.151. The lowest BCUT2D eigenvalue weighted by Gasteiger charge is -2.36. The summed E-state index contributed by atoms with van der Waals surface area (Å²) < 4.78 is 16.9. The van der Waals surface area contributed by atoms with Gasteiger partial charge in [-0.05, 0) is 56.7 Å². The van der Waals surface area contributed by atoms with Crippen LogP contribution in [0.25, 0.3) is 11.0 Å². The Kier molecular flexibility index (Phi) is 6.37. The maximum absolute atomic E-state index is 14.5. The van der Waals surface area contributed by atoms with Crippen molar-refractivity contribution in [2.45, 2.75) is 76.2 Å². The van der Waals surface area contributed by atoms with Gasteiger partial charge in [0.2, 0.25) is 0 Å². The highest BCUT2D eigenvalue weighted by atomic mass is 19.1. The fourth-order valence-electron chi connectivity index (χ4n) is 6.10. The number of halogens is 1. The molecule has 30 heavy (non-hydrogen) atoms. The van der Waals surface area contributed by atoms with Crippen molar-refractivity contribution in [1.29, 1.82) is 0 Å². The zero-order valence-electron chi connectivity index (χ0n) is 18.3. The van der Waals surface area contributed by atoms with Gasteiger partial charge < -0.3 is 14.8 Å². The molecule has 5 rings (SSSR count). The van der Waals surface area contributed by atoms with Crippen LogP contribution in [-0.2, 0) is 0 Å². The normalized spacial score (nSPS) is 25.6. The summed E-state index contributed by atoms with van der Waals surface area (Å²) in [6.45, 7) is 5.62. The number of rotatable bonds is 4. The summed E-state index contributed by atoms with van der Waals surface area (Å²) in [6, 6.07) is 5.91. The summed E-state index contributed by atoms with van der Waals surface area (Å²) in [5.74, 6) is 2.23. The van der Waals surface area contributed by atoms with Crippen LogP contribution in [0.4, 0.5) is 4.39 Å². The van der Waals surface area contributed by atoms with E-state index in [1.54, 1.807) is 6.07 Å². The van der Waals surface area contributed by atoms with Crippen LogP contribution in [-0.4, -0.2) is 47.2 Å². The molecule has 1 N–H and O–H groups in total. The van der Waals surface area contributed by atoms with Crippen molar-refractivity contribution in [1.82, 2.24) is 19.8 Å². The first-order chi connectivity index (χ1) is 14.8. The first kappa shape index (κ1) is 20.4. The number of hydrogen-bond donors (Lipinski definition) is 1. The summed E-state index contributed by atoms with van der Waals surface area (Å²) in [7, 11) is 0. The molecule has 0 spiro atoms. The van der Waals surface area contributed by atoms with Gasteiger partial charge in [-0.1, -0.05) is 38.2 Å². The Morgan fingerprint density at radius 2 is 1.73 bits per heavy atom. The quantitative estimate of drug-likeness (QED) is 0.745. The summed E-state index contributed by atoms with van der Waals surface area (Å²) in [4.78, 5) is 7.54. The molecule has 3 fully saturated rings. The Morgan fingerprint density at radius 1 is 0.967 bits per heavy atom. The van der Waals surface area contributed by atoms with Crippen molar-refractivity contribution >= 4 is 11.0 Å². The third-order valence-electron chi connectivity index (χ3n) is 7.79. The summed E-state index contributed by atoms with van der Waals surface area (Å²) >= 11 is 0. The molecule has 1 aromatic carbocycles. The number of para-hydroxylation sites is 1. The number of imidazole rings is 1. The molecule has 1 aromatic heterocycles. The molecule has 164 valence electrons. The first-order valence-electron chi connectivity index (χ1n) is 12.4. The average molecular weight is 413 g/mol. The molecular formula is C25H37FN4. The summed E-state index contributed by atoms with van der Waals surface area (Å²) in [6.07, 6.45) is 13.4. The highest BCUT2D eigenvalue weighted by Crippen LogP contribution is 2.35. The van der Waals surface area contributed by atoms with Crippen LogP contribution in [0, 0.1) is 11.7 Å². The lowest BCUT2D eigenvalue weighted by Crippen LogP contribution is -2.38. The SMILES string of the molecule is Fc1cccc2c1nc([C@@H]1CCNC1)n2C1CCN(CC2CCCCCCC2)CC1. The maximum Gasteiger partial charge on any atom is 0.151 e. The van der Waals surface area contributed by atoms with Gasteiger partial charge in [0, 0.05) is 38.1 Å². The van der Waals surface area contributed by atoms with Crippen LogP contribution < -0.4 is 5.32 Å². The monoisotopic (exact) mass is 412 g/mol. The molecule has 1 aliphatic carbocycles. The molecule has 1 saturated carbocycles. The van der Waals surface area contributed by atoms with Crippen molar-refractivity contribution in [3.8, 4) is 0 Å². The number of aromatic nitrogens is 2. The van der Waals surface area contributed by atoms with Crippen molar-refractivity contribution in [3.63, 3.8) is 0 Å². The number of nitrogens with one attached hydrogen (secondary N) is 1. The second-order valence-electron chi connectivity index (χ2n) is 9.88. The van der Waals surface area contributed by atoms with Crippen molar-refractivity contribution in [3.05, 3.63) is 29.8 Å². The second kappa shape index (κ2) is 9.35. The van der Waals surface area contributed by atoms with E-state index in [0.717, 1.165) is 49.6 Å². The molecule has 2 aliphatic heterocycles. The standard InChI is InChI=1S/C25H37FN4/c26-22-9-6-10-23-24(22)28-25(20-11-14-27-17-20)30(23)21-12-15-29(16-13-21)18-19-7-4-2-1-3-5-8-19/h6,9-10,19-21,27H,1-5,7-8,11-18H2/t20-/m1/s1. The zero-order chi connectivity index (χ0) is 20.3. The number of hydrogen-bond acceptors (Lipinski definition) is 3. The van der Waals surface area contributed by atoms with E-state index in [-0.39, 0.29) is 5.82 Å². The fraction of sp³-hybridized carbons (Fsp3) is 0.720. The Hall–Kier alpha value is -1.46. The van der Waals surface area contributed by atoms with Crippen LogP contribution >= 0.6 is 0 Å². The van der Waals surface area contributed by atoms with Crippen LogP contribution in [0.1, 0.15) is 82.0 Å². The molecule has 2 saturated heterocycles. The fourth-order valence-corrected chi connectivity index (χ4v) is 6.10.